The molecule has 2 aliphatic heterocycles. The van der Waals surface area contributed by atoms with Crippen molar-refractivity contribution >= 4 is 17.8 Å². The summed E-state index contributed by atoms with van der Waals surface area (Å²) in [6, 6.07) is 6.25. The summed E-state index contributed by atoms with van der Waals surface area (Å²) in [4.78, 5) is 40.7. The van der Waals surface area contributed by atoms with Gasteiger partial charge in [-0.05, 0) is 82.4 Å². The first kappa shape index (κ1) is 28.9. The number of benzene rings is 1. The monoisotopic (exact) mass is 564 g/mol. The Kier molecular flexibility index (Phi) is 8.28. The molecule has 2 aromatic rings. The maximum absolute atomic E-state index is 15.2. The number of carbonyl (C=O) groups excluding carboxylic acids is 3. The van der Waals surface area contributed by atoms with Gasteiger partial charge in [-0.2, -0.15) is 10.4 Å². The Morgan fingerprint density at radius 1 is 1.17 bits per heavy atom. The number of Topliss-reactive ketones (excluding diaryl/α,β-unsaturated/α-hetero) is 1. The van der Waals surface area contributed by atoms with E-state index in [1.807, 2.05) is 0 Å². The SMILES string of the molecule is CC(C)(C)OC(=O)N1[C@@H]2CC[C@@H](C2)[C@H]1C(=O)C[C@H](C#N)Cc1ccc(-c2cnn(C(=O)C3CCOCC3)c2)cc1F. The first-order chi connectivity index (χ1) is 19.5. The van der Waals surface area contributed by atoms with Crippen LogP contribution >= 0.6 is 0 Å². The molecule has 0 radical (unpaired) electrons. The van der Waals surface area contributed by atoms with Gasteiger partial charge >= 0.3 is 6.09 Å². The van der Waals surface area contributed by atoms with Crippen LogP contribution in [-0.2, 0) is 20.7 Å². The fourth-order valence-electron chi connectivity index (χ4n) is 6.39. The van der Waals surface area contributed by atoms with Gasteiger partial charge in [-0.1, -0.05) is 12.1 Å². The number of fused-ring (bicyclic) bond motifs is 2. The average Bonchev–Trinajstić information content (AvgIpc) is 3.69. The minimum atomic E-state index is -0.734. The van der Waals surface area contributed by atoms with Gasteiger partial charge in [0.2, 0.25) is 5.91 Å². The molecule has 0 N–H and O–H groups in total. The van der Waals surface area contributed by atoms with E-state index in [1.54, 1.807) is 44.0 Å². The Balaban J connectivity index is 1.24. The van der Waals surface area contributed by atoms with Crippen molar-refractivity contribution < 1.29 is 28.2 Å². The number of rotatable bonds is 7. The van der Waals surface area contributed by atoms with Gasteiger partial charge < -0.3 is 9.47 Å². The number of nitriles is 1. The van der Waals surface area contributed by atoms with Crippen LogP contribution in [0.3, 0.4) is 0 Å². The standard InChI is InChI=1S/C31H37FN4O5/c1-31(2,3)41-30(39)36-25-7-6-23(14-25)28(36)27(37)13-19(16-33)12-22-5-4-21(15-26(22)32)24-17-34-35(18-24)29(38)20-8-10-40-11-9-20/h4-5,15,17-20,23,25,28H,6-14H2,1-3H3/t19-,23+,25-,28+/m1/s1. The van der Waals surface area contributed by atoms with Crippen LogP contribution in [0.5, 0.6) is 0 Å². The number of carbonyl (C=O) groups is 3. The molecular formula is C31H37FN4O5. The van der Waals surface area contributed by atoms with Gasteiger partial charge in [0.05, 0.1) is 24.2 Å². The molecule has 0 spiro atoms. The Bertz CT molecular complexity index is 1350. The smallest absolute Gasteiger partial charge is 0.411 e. The van der Waals surface area contributed by atoms with Gasteiger partial charge in [-0.25, -0.2) is 13.9 Å². The summed E-state index contributed by atoms with van der Waals surface area (Å²) in [5.41, 5.74) is 0.832. The van der Waals surface area contributed by atoms with Crippen molar-refractivity contribution in [3.05, 3.63) is 42.0 Å². The van der Waals surface area contributed by atoms with Gasteiger partial charge in [0.1, 0.15) is 11.4 Å². The van der Waals surface area contributed by atoms with E-state index in [9.17, 15) is 19.6 Å². The van der Waals surface area contributed by atoms with Crippen LogP contribution < -0.4 is 0 Å². The summed E-state index contributed by atoms with van der Waals surface area (Å²) >= 11 is 0. The third-order valence-corrected chi connectivity index (χ3v) is 8.38. The zero-order chi connectivity index (χ0) is 29.3. The van der Waals surface area contributed by atoms with Crippen LogP contribution in [0.25, 0.3) is 11.1 Å². The van der Waals surface area contributed by atoms with E-state index >= 15 is 4.39 Å². The lowest BCUT2D eigenvalue weighted by molar-refractivity contribution is -0.126. The van der Waals surface area contributed by atoms with E-state index in [0.717, 1.165) is 19.3 Å². The Hall–Kier alpha value is -3.58. The van der Waals surface area contributed by atoms with Crippen molar-refractivity contribution in [1.29, 1.82) is 5.26 Å². The number of nitrogens with zero attached hydrogens (tertiary/aromatic N) is 4. The normalized spacial score (nSPS) is 23.3. The van der Waals surface area contributed by atoms with E-state index in [0.29, 0.717) is 42.7 Å². The minimum Gasteiger partial charge on any atom is -0.444 e. The molecule has 10 heteroatoms. The molecule has 9 nitrogen and oxygen atoms in total. The summed E-state index contributed by atoms with van der Waals surface area (Å²) in [6.45, 7) is 6.48. The van der Waals surface area contributed by atoms with E-state index in [2.05, 4.69) is 11.2 Å². The van der Waals surface area contributed by atoms with Gasteiger partial charge in [0, 0.05) is 43.4 Å². The van der Waals surface area contributed by atoms with Crippen LogP contribution in [0.1, 0.15) is 69.7 Å². The molecule has 5 rings (SSSR count). The summed E-state index contributed by atoms with van der Waals surface area (Å²) in [5, 5.41) is 14.0. The number of ether oxygens (including phenoxy) is 2. The number of aromatic nitrogens is 2. The zero-order valence-corrected chi connectivity index (χ0v) is 23.8. The van der Waals surface area contributed by atoms with Crippen molar-refractivity contribution in [2.45, 2.75) is 83.4 Å². The second-order valence-electron chi connectivity index (χ2n) is 12.5. The third kappa shape index (κ3) is 6.35. The van der Waals surface area contributed by atoms with Crippen molar-refractivity contribution in [3.8, 4) is 17.2 Å². The number of amides is 1. The van der Waals surface area contributed by atoms with Crippen molar-refractivity contribution in [3.63, 3.8) is 0 Å². The highest BCUT2D eigenvalue weighted by Gasteiger charge is 2.52. The fraction of sp³-hybridized carbons (Fsp3) is 0.581. The Morgan fingerprint density at radius 2 is 1.93 bits per heavy atom. The Morgan fingerprint density at radius 3 is 2.61 bits per heavy atom. The van der Waals surface area contributed by atoms with Crippen LogP contribution in [0.2, 0.25) is 0 Å². The second-order valence-corrected chi connectivity index (χ2v) is 12.5. The molecule has 1 amide bonds. The molecule has 2 bridgehead atoms. The molecule has 0 unspecified atom stereocenters. The number of piperidine rings is 1. The van der Waals surface area contributed by atoms with Gasteiger partial charge in [-0.3, -0.25) is 14.5 Å². The lowest BCUT2D eigenvalue weighted by Crippen LogP contribution is -2.51. The molecule has 3 aliphatic rings. The second kappa shape index (κ2) is 11.7. The molecular weight excluding hydrogens is 527 g/mol. The van der Waals surface area contributed by atoms with Crippen LogP contribution in [0, 0.1) is 34.9 Å². The van der Waals surface area contributed by atoms with Crippen molar-refractivity contribution in [2.75, 3.05) is 13.2 Å². The molecule has 3 fully saturated rings. The van der Waals surface area contributed by atoms with Crippen molar-refractivity contribution in [2.24, 2.45) is 17.8 Å². The number of ketones is 1. The Labute approximate surface area is 239 Å². The van der Waals surface area contributed by atoms with E-state index in [-0.39, 0.29) is 42.4 Å². The minimum absolute atomic E-state index is 0.0225. The number of hydrogen-bond acceptors (Lipinski definition) is 7. The summed E-state index contributed by atoms with van der Waals surface area (Å²) < 4.78 is 27.4. The molecule has 4 atom stereocenters. The van der Waals surface area contributed by atoms with E-state index < -0.39 is 29.5 Å². The highest BCUT2D eigenvalue weighted by atomic mass is 19.1. The van der Waals surface area contributed by atoms with Crippen molar-refractivity contribution in [1.82, 2.24) is 14.7 Å². The van der Waals surface area contributed by atoms with Crippen LogP contribution in [0.15, 0.2) is 30.6 Å². The maximum Gasteiger partial charge on any atom is 0.411 e. The number of halogens is 1. The zero-order valence-electron chi connectivity index (χ0n) is 23.8. The molecule has 1 aliphatic carbocycles. The molecule has 218 valence electrons. The maximum atomic E-state index is 15.2. The van der Waals surface area contributed by atoms with Gasteiger partial charge in [-0.15, -0.1) is 0 Å². The summed E-state index contributed by atoms with van der Waals surface area (Å²) in [7, 11) is 0. The molecule has 2 saturated heterocycles. The van der Waals surface area contributed by atoms with E-state index in [4.69, 9.17) is 9.47 Å². The molecule has 1 aromatic carbocycles. The first-order valence-electron chi connectivity index (χ1n) is 14.4. The average molecular weight is 565 g/mol. The predicted octanol–water partition coefficient (Wildman–Crippen LogP) is 5.19. The number of likely N-dealkylation sites (tertiary alicyclic amines) is 1. The molecule has 3 heterocycles. The highest BCUT2D eigenvalue weighted by molar-refractivity contribution is 5.89. The quantitative estimate of drug-likeness (QED) is 0.455. The van der Waals surface area contributed by atoms with Gasteiger partial charge in [0.25, 0.3) is 0 Å². The van der Waals surface area contributed by atoms with E-state index in [1.165, 1.54) is 16.9 Å². The third-order valence-electron chi connectivity index (χ3n) is 8.38. The fourth-order valence-corrected chi connectivity index (χ4v) is 6.39. The number of hydrogen-bond donors (Lipinski definition) is 0. The largest absolute Gasteiger partial charge is 0.444 e. The highest BCUT2D eigenvalue weighted by Crippen LogP contribution is 2.44. The predicted molar refractivity (Wildman–Crippen MR) is 147 cm³/mol. The summed E-state index contributed by atoms with van der Waals surface area (Å²) in [5.74, 6) is -1.57. The lowest BCUT2D eigenvalue weighted by atomic mass is 9.87. The molecule has 1 aromatic heterocycles. The van der Waals surface area contributed by atoms with Crippen LogP contribution in [0.4, 0.5) is 9.18 Å². The first-order valence-corrected chi connectivity index (χ1v) is 14.4. The summed E-state index contributed by atoms with van der Waals surface area (Å²) in [6.07, 6.45) is 6.44. The molecule has 1 saturated carbocycles. The lowest BCUT2D eigenvalue weighted by Gasteiger charge is -2.35. The topological polar surface area (TPSA) is 115 Å². The molecule has 41 heavy (non-hydrogen) atoms. The van der Waals surface area contributed by atoms with Gasteiger partial charge in [0.15, 0.2) is 5.78 Å². The van der Waals surface area contributed by atoms with Crippen LogP contribution in [-0.4, -0.2) is 63.4 Å².